The first-order valence-electron chi connectivity index (χ1n) is 6.19. The third-order valence-corrected chi connectivity index (χ3v) is 2.75. The van der Waals surface area contributed by atoms with E-state index in [0.29, 0.717) is 19.4 Å². The lowest BCUT2D eigenvalue weighted by Gasteiger charge is -2.12. The van der Waals surface area contributed by atoms with Gasteiger partial charge in [0.2, 0.25) is 0 Å². The highest BCUT2D eigenvalue weighted by molar-refractivity contribution is 5.89. The third-order valence-electron chi connectivity index (χ3n) is 2.75. The molecule has 0 heterocycles. The second-order valence-electron chi connectivity index (χ2n) is 3.97. The zero-order valence-electron chi connectivity index (χ0n) is 11.2. The molecule has 0 saturated heterocycles. The average Bonchev–Trinajstić information content (AvgIpc) is 2.44. The van der Waals surface area contributed by atoms with Gasteiger partial charge in [-0.15, -0.1) is 5.16 Å². The quantitative estimate of drug-likeness (QED) is 0.355. The van der Waals surface area contributed by atoms with Crippen LogP contribution in [0.15, 0.2) is 29.4 Å². The highest BCUT2D eigenvalue weighted by Crippen LogP contribution is 2.20. The van der Waals surface area contributed by atoms with Gasteiger partial charge in [0, 0.05) is 0 Å². The van der Waals surface area contributed by atoms with Crippen LogP contribution in [0.3, 0.4) is 0 Å². The maximum absolute atomic E-state index is 11.7. The van der Waals surface area contributed by atoms with Crippen molar-refractivity contribution in [2.24, 2.45) is 11.1 Å². The van der Waals surface area contributed by atoms with E-state index in [1.165, 1.54) is 6.21 Å². The Bertz CT molecular complexity index is 431. The fraction of sp³-hybridized carbons (Fsp3) is 0.429. The van der Waals surface area contributed by atoms with E-state index in [1.54, 1.807) is 14.0 Å². The summed E-state index contributed by atoms with van der Waals surface area (Å²) < 4.78 is 10.2. The number of methoxy groups -OCH3 is 1. The van der Waals surface area contributed by atoms with Gasteiger partial charge in [0.05, 0.1) is 25.8 Å². The minimum atomic E-state index is -0.546. The number of rotatable bonds is 7. The van der Waals surface area contributed by atoms with Gasteiger partial charge in [0.15, 0.2) is 0 Å². The van der Waals surface area contributed by atoms with Crippen molar-refractivity contribution in [3.63, 3.8) is 0 Å². The predicted molar refractivity (Wildman–Crippen MR) is 71.7 cm³/mol. The molecule has 1 aromatic rings. The summed E-state index contributed by atoms with van der Waals surface area (Å²) in [5, 5.41) is 11.5. The fourth-order valence-corrected chi connectivity index (χ4v) is 1.80. The molecule has 1 unspecified atom stereocenters. The summed E-state index contributed by atoms with van der Waals surface area (Å²) in [6.07, 6.45) is 2.34. The molecular weight excluding hydrogens is 246 g/mol. The largest absolute Gasteiger partial charge is 0.496 e. The van der Waals surface area contributed by atoms with Crippen molar-refractivity contribution >= 4 is 12.2 Å². The molecule has 104 valence electrons. The summed E-state index contributed by atoms with van der Waals surface area (Å²) in [7, 11) is 1.61. The molecule has 1 N–H and O–H groups in total. The van der Waals surface area contributed by atoms with Crippen molar-refractivity contribution in [1.82, 2.24) is 0 Å². The molecule has 1 aromatic carbocycles. The lowest BCUT2D eigenvalue weighted by Crippen LogP contribution is -2.20. The summed E-state index contributed by atoms with van der Waals surface area (Å²) in [6, 6.07) is 7.61. The number of hydrogen-bond donors (Lipinski definition) is 1. The molecule has 0 amide bonds. The fourth-order valence-electron chi connectivity index (χ4n) is 1.80. The highest BCUT2D eigenvalue weighted by atomic mass is 16.5. The van der Waals surface area contributed by atoms with Crippen molar-refractivity contribution in [2.75, 3.05) is 13.7 Å². The molecule has 0 saturated carbocycles. The van der Waals surface area contributed by atoms with Gasteiger partial charge in [-0.2, -0.15) is 0 Å². The zero-order chi connectivity index (χ0) is 14.1. The molecule has 5 heteroatoms. The normalized spacial score (nSPS) is 12.3. The van der Waals surface area contributed by atoms with Crippen molar-refractivity contribution in [1.29, 1.82) is 0 Å². The van der Waals surface area contributed by atoms with Gasteiger partial charge >= 0.3 is 5.97 Å². The van der Waals surface area contributed by atoms with Gasteiger partial charge in [-0.05, 0) is 31.4 Å². The highest BCUT2D eigenvalue weighted by Gasteiger charge is 2.18. The summed E-state index contributed by atoms with van der Waals surface area (Å²) in [5.41, 5.74) is 1.01. The van der Waals surface area contributed by atoms with Crippen LogP contribution in [-0.4, -0.2) is 31.1 Å². The summed E-state index contributed by atoms with van der Waals surface area (Å²) in [6.45, 7) is 2.05. The van der Waals surface area contributed by atoms with Gasteiger partial charge in [-0.1, -0.05) is 18.2 Å². The number of carbonyl (C=O) groups is 1. The van der Waals surface area contributed by atoms with Gasteiger partial charge < -0.3 is 14.7 Å². The second kappa shape index (κ2) is 8.13. The number of esters is 1. The molecule has 0 aliphatic heterocycles. The monoisotopic (exact) mass is 265 g/mol. The Hall–Kier alpha value is -2.04. The Morgan fingerprint density at radius 1 is 1.47 bits per heavy atom. The van der Waals surface area contributed by atoms with Gasteiger partial charge in [-0.25, -0.2) is 0 Å². The van der Waals surface area contributed by atoms with E-state index in [0.717, 1.165) is 11.3 Å². The number of carbonyl (C=O) groups excluding carboxylic acids is 1. The Morgan fingerprint density at radius 2 is 2.21 bits per heavy atom. The van der Waals surface area contributed by atoms with Crippen LogP contribution >= 0.6 is 0 Å². The van der Waals surface area contributed by atoms with Crippen LogP contribution < -0.4 is 4.74 Å². The molecule has 0 aliphatic rings. The lowest BCUT2D eigenvalue weighted by molar-refractivity contribution is -0.145. The van der Waals surface area contributed by atoms with E-state index in [9.17, 15) is 4.79 Å². The number of oxime groups is 1. The van der Waals surface area contributed by atoms with Gasteiger partial charge in [-0.3, -0.25) is 4.79 Å². The smallest absolute Gasteiger partial charge is 0.314 e. The maximum atomic E-state index is 11.7. The van der Waals surface area contributed by atoms with E-state index >= 15 is 0 Å². The Kier molecular flexibility index (Phi) is 6.43. The van der Waals surface area contributed by atoms with E-state index < -0.39 is 5.92 Å². The number of nitrogens with zero attached hydrogens (tertiary/aromatic N) is 1. The molecule has 0 fully saturated rings. The molecule has 0 radical (unpaired) electrons. The molecule has 1 atom stereocenters. The first-order chi connectivity index (χ1) is 9.22. The molecule has 1 rings (SSSR count). The number of hydrogen-bond acceptors (Lipinski definition) is 5. The number of ether oxygens (including phenoxy) is 2. The summed E-state index contributed by atoms with van der Waals surface area (Å²) in [5.74, 6) is -0.142. The van der Waals surface area contributed by atoms with E-state index in [2.05, 4.69) is 5.16 Å². The molecular formula is C14H19NO4. The van der Waals surface area contributed by atoms with Crippen LogP contribution in [0.25, 0.3) is 0 Å². The van der Waals surface area contributed by atoms with Crippen LogP contribution in [0.5, 0.6) is 5.75 Å². The Morgan fingerprint density at radius 3 is 2.84 bits per heavy atom. The molecule has 19 heavy (non-hydrogen) atoms. The van der Waals surface area contributed by atoms with Crippen LogP contribution in [-0.2, 0) is 16.0 Å². The van der Waals surface area contributed by atoms with Crippen molar-refractivity contribution < 1.29 is 19.5 Å². The number of para-hydroxylation sites is 1. The summed E-state index contributed by atoms with van der Waals surface area (Å²) >= 11 is 0. The molecule has 5 nitrogen and oxygen atoms in total. The predicted octanol–water partition coefficient (Wildman–Crippen LogP) is 2.27. The minimum absolute atomic E-state index is 0.309. The molecule has 0 aromatic heterocycles. The van der Waals surface area contributed by atoms with E-state index in [-0.39, 0.29) is 5.97 Å². The molecule has 0 spiro atoms. The van der Waals surface area contributed by atoms with Crippen LogP contribution in [0.1, 0.15) is 18.9 Å². The second-order valence-corrected chi connectivity index (χ2v) is 3.97. The van der Waals surface area contributed by atoms with Crippen LogP contribution in [0, 0.1) is 5.92 Å². The lowest BCUT2D eigenvalue weighted by atomic mass is 10.00. The first kappa shape index (κ1) is 15.0. The van der Waals surface area contributed by atoms with Crippen LogP contribution in [0.4, 0.5) is 0 Å². The number of aryl methyl sites for hydroxylation is 1. The van der Waals surface area contributed by atoms with Crippen molar-refractivity contribution in [3.8, 4) is 5.75 Å². The van der Waals surface area contributed by atoms with Crippen molar-refractivity contribution in [3.05, 3.63) is 29.8 Å². The maximum Gasteiger partial charge on any atom is 0.314 e. The van der Waals surface area contributed by atoms with Gasteiger partial charge in [0.1, 0.15) is 5.75 Å². The topological polar surface area (TPSA) is 68.1 Å². The van der Waals surface area contributed by atoms with E-state index in [4.69, 9.17) is 14.7 Å². The van der Waals surface area contributed by atoms with Crippen molar-refractivity contribution in [2.45, 2.75) is 19.8 Å². The standard InChI is InChI=1S/C14H19NO4/c1-3-19-14(16)12(10-15-17)9-8-11-6-4-5-7-13(11)18-2/h4-7,10,12,17H,3,8-9H2,1-2H3/b15-10-. The first-order valence-corrected chi connectivity index (χ1v) is 6.19. The Balaban J connectivity index is 2.68. The zero-order valence-corrected chi connectivity index (χ0v) is 11.2. The average molecular weight is 265 g/mol. The van der Waals surface area contributed by atoms with Gasteiger partial charge in [0.25, 0.3) is 0 Å². The molecule has 0 bridgehead atoms. The van der Waals surface area contributed by atoms with E-state index in [1.807, 2.05) is 24.3 Å². The molecule has 0 aliphatic carbocycles. The minimum Gasteiger partial charge on any atom is -0.496 e. The van der Waals surface area contributed by atoms with Crippen LogP contribution in [0.2, 0.25) is 0 Å². The summed E-state index contributed by atoms with van der Waals surface area (Å²) in [4.78, 5) is 11.7. The number of benzene rings is 1. The SMILES string of the molecule is CCOC(=O)C(/C=N\O)CCc1ccccc1OC. The Labute approximate surface area is 112 Å². The third kappa shape index (κ3) is 4.62.